The maximum absolute atomic E-state index is 9.86. The number of nitriles is 1. The summed E-state index contributed by atoms with van der Waals surface area (Å²) in [5.74, 6) is 0.349. The van der Waals surface area contributed by atoms with E-state index < -0.39 is 6.10 Å². The number of fused-ring (bicyclic) bond motifs is 1. The largest absolute Gasteiger partial charge is 0.474 e. The summed E-state index contributed by atoms with van der Waals surface area (Å²) in [7, 11) is 0. The lowest BCUT2D eigenvalue weighted by Gasteiger charge is -2.19. The maximum Gasteiger partial charge on any atom is 0.232 e. The van der Waals surface area contributed by atoms with Crippen LogP contribution in [-0.4, -0.2) is 35.4 Å². The topological polar surface area (TPSA) is 78.2 Å². The third kappa shape index (κ3) is 4.16. The monoisotopic (exact) mass is 289 g/mol. The molecule has 1 heterocycles. The van der Waals surface area contributed by atoms with Crippen molar-refractivity contribution in [3.8, 4) is 11.9 Å². The molecule has 5 heteroatoms. The van der Waals surface area contributed by atoms with E-state index >= 15 is 0 Å². The molecular formula is C16H23N3O2. The normalized spacial score (nSPS) is 15.4. The summed E-state index contributed by atoms with van der Waals surface area (Å²) in [4.78, 5) is 4.25. The van der Waals surface area contributed by atoms with E-state index in [0.29, 0.717) is 24.0 Å². The van der Waals surface area contributed by atoms with Crippen molar-refractivity contribution in [2.75, 3.05) is 13.2 Å². The summed E-state index contributed by atoms with van der Waals surface area (Å²) < 4.78 is 5.56. The first-order chi connectivity index (χ1) is 10.1. The van der Waals surface area contributed by atoms with E-state index in [9.17, 15) is 10.4 Å². The first-order valence-electron chi connectivity index (χ1n) is 7.57. The SMILES string of the molecule is CC(C)NCC(O)COc1ncc2c(c1C#N)CCCC2. The van der Waals surface area contributed by atoms with Crippen LogP contribution in [0.2, 0.25) is 0 Å². The van der Waals surface area contributed by atoms with Gasteiger partial charge in [-0.2, -0.15) is 5.26 Å². The minimum absolute atomic E-state index is 0.139. The van der Waals surface area contributed by atoms with Crippen LogP contribution >= 0.6 is 0 Å². The Labute approximate surface area is 126 Å². The van der Waals surface area contributed by atoms with E-state index in [1.807, 2.05) is 20.0 Å². The highest BCUT2D eigenvalue weighted by Crippen LogP contribution is 2.28. The average Bonchev–Trinajstić information content (AvgIpc) is 2.50. The fourth-order valence-electron chi connectivity index (χ4n) is 2.52. The molecule has 0 saturated heterocycles. The van der Waals surface area contributed by atoms with Gasteiger partial charge in [0.1, 0.15) is 24.3 Å². The van der Waals surface area contributed by atoms with Gasteiger partial charge in [-0.3, -0.25) is 0 Å². The summed E-state index contributed by atoms with van der Waals surface area (Å²) in [6.45, 7) is 4.64. The molecule has 1 atom stereocenters. The smallest absolute Gasteiger partial charge is 0.232 e. The van der Waals surface area contributed by atoms with Crippen LogP contribution in [0.3, 0.4) is 0 Å². The summed E-state index contributed by atoms with van der Waals surface area (Å²) in [5, 5.41) is 22.4. The lowest BCUT2D eigenvalue weighted by Crippen LogP contribution is -2.35. The van der Waals surface area contributed by atoms with Crippen molar-refractivity contribution in [3.63, 3.8) is 0 Å². The molecule has 2 N–H and O–H groups in total. The molecule has 1 aliphatic rings. The van der Waals surface area contributed by atoms with E-state index in [1.165, 1.54) is 0 Å². The first kappa shape index (κ1) is 15.7. The number of pyridine rings is 1. The highest BCUT2D eigenvalue weighted by Gasteiger charge is 2.19. The van der Waals surface area contributed by atoms with Crippen LogP contribution in [0.25, 0.3) is 0 Å². The van der Waals surface area contributed by atoms with Gasteiger partial charge in [0, 0.05) is 18.8 Å². The molecule has 2 rings (SSSR count). The predicted molar refractivity (Wildman–Crippen MR) is 80.2 cm³/mol. The molecule has 0 bridgehead atoms. The Morgan fingerprint density at radius 2 is 2.19 bits per heavy atom. The van der Waals surface area contributed by atoms with E-state index in [0.717, 1.165) is 36.8 Å². The summed E-state index contributed by atoms with van der Waals surface area (Å²) >= 11 is 0. The Kier molecular flexibility index (Phi) is 5.54. The number of nitrogens with zero attached hydrogens (tertiary/aromatic N) is 2. The Morgan fingerprint density at radius 1 is 1.43 bits per heavy atom. The molecule has 0 aromatic carbocycles. The number of hydrogen-bond donors (Lipinski definition) is 2. The minimum atomic E-state index is -0.614. The van der Waals surface area contributed by atoms with Crippen LogP contribution < -0.4 is 10.1 Å². The summed E-state index contributed by atoms with van der Waals surface area (Å²) in [5.41, 5.74) is 2.77. The molecule has 21 heavy (non-hydrogen) atoms. The highest BCUT2D eigenvalue weighted by molar-refractivity contribution is 5.49. The van der Waals surface area contributed by atoms with Crippen molar-refractivity contribution in [2.45, 2.75) is 51.7 Å². The van der Waals surface area contributed by atoms with Gasteiger partial charge in [0.05, 0.1) is 0 Å². The van der Waals surface area contributed by atoms with Gasteiger partial charge in [-0.15, -0.1) is 0 Å². The van der Waals surface area contributed by atoms with Gasteiger partial charge in [-0.05, 0) is 36.8 Å². The Morgan fingerprint density at radius 3 is 2.90 bits per heavy atom. The van der Waals surface area contributed by atoms with Crippen molar-refractivity contribution in [1.29, 1.82) is 5.26 Å². The zero-order valence-electron chi connectivity index (χ0n) is 12.7. The lowest BCUT2D eigenvalue weighted by molar-refractivity contribution is 0.102. The molecule has 1 aromatic rings. The van der Waals surface area contributed by atoms with Gasteiger partial charge in [0.2, 0.25) is 5.88 Å². The second kappa shape index (κ2) is 7.39. The van der Waals surface area contributed by atoms with Crippen LogP contribution in [0.15, 0.2) is 6.20 Å². The fourth-order valence-corrected chi connectivity index (χ4v) is 2.52. The molecule has 1 aromatic heterocycles. The van der Waals surface area contributed by atoms with E-state index in [-0.39, 0.29) is 6.61 Å². The maximum atomic E-state index is 9.86. The zero-order chi connectivity index (χ0) is 15.2. The second-order valence-electron chi connectivity index (χ2n) is 5.79. The number of aliphatic hydroxyl groups excluding tert-OH is 1. The Balaban J connectivity index is 2.02. The van der Waals surface area contributed by atoms with Crippen LogP contribution in [0.5, 0.6) is 5.88 Å². The number of rotatable bonds is 6. The molecule has 0 aliphatic heterocycles. The number of aryl methyl sites for hydroxylation is 1. The second-order valence-corrected chi connectivity index (χ2v) is 5.79. The number of aliphatic hydroxyl groups is 1. The van der Waals surface area contributed by atoms with Gasteiger partial charge in [-0.1, -0.05) is 13.8 Å². The fraction of sp³-hybridized carbons (Fsp3) is 0.625. The Hall–Kier alpha value is -1.64. The van der Waals surface area contributed by atoms with Crippen LogP contribution in [-0.2, 0) is 12.8 Å². The lowest BCUT2D eigenvalue weighted by atomic mass is 9.90. The van der Waals surface area contributed by atoms with Crippen molar-refractivity contribution >= 4 is 0 Å². The molecule has 0 saturated carbocycles. The standard InChI is InChI=1S/C16H23N3O2/c1-11(2)18-9-13(20)10-21-16-15(7-17)14-6-4-3-5-12(14)8-19-16/h8,11,13,18,20H,3-6,9-10H2,1-2H3. The van der Waals surface area contributed by atoms with E-state index in [2.05, 4.69) is 16.4 Å². The molecule has 1 unspecified atom stereocenters. The van der Waals surface area contributed by atoms with Gasteiger partial charge in [0.15, 0.2) is 0 Å². The molecule has 0 amide bonds. The molecule has 0 radical (unpaired) electrons. The predicted octanol–water partition coefficient (Wildman–Crippen LogP) is 1.57. The van der Waals surface area contributed by atoms with E-state index in [1.54, 1.807) is 0 Å². The van der Waals surface area contributed by atoms with Gasteiger partial charge in [0.25, 0.3) is 0 Å². The number of nitrogens with one attached hydrogen (secondary N) is 1. The number of hydrogen-bond acceptors (Lipinski definition) is 5. The third-order valence-electron chi connectivity index (χ3n) is 3.65. The number of ether oxygens (including phenoxy) is 1. The van der Waals surface area contributed by atoms with Crippen molar-refractivity contribution in [1.82, 2.24) is 10.3 Å². The molecule has 114 valence electrons. The van der Waals surface area contributed by atoms with Crippen LogP contribution in [0.1, 0.15) is 43.4 Å². The van der Waals surface area contributed by atoms with Gasteiger partial charge < -0.3 is 15.2 Å². The van der Waals surface area contributed by atoms with Crippen LogP contribution in [0, 0.1) is 11.3 Å². The van der Waals surface area contributed by atoms with Gasteiger partial charge in [-0.25, -0.2) is 4.98 Å². The third-order valence-corrected chi connectivity index (χ3v) is 3.65. The molecule has 5 nitrogen and oxygen atoms in total. The highest BCUT2D eigenvalue weighted by atomic mass is 16.5. The van der Waals surface area contributed by atoms with Crippen LogP contribution in [0.4, 0.5) is 0 Å². The summed E-state index contributed by atoms with van der Waals surface area (Å²) in [6, 6.07) is 2.53. The average molecular weight is 289 g/mol. The van der Waals surface area contributed by atoms with Gasteiger partial charge >= 0.3 is 0 Å². The van der Waals surface area contributed by atoms with Crippen molar-refractivity contribution in [2.24, 2.45) is 0 Å². The quantitative estimate of drug-likeness (QED) is 0.831. The molecule has 0 spiro atoms. The number of aromatic nitrogens is 1. The molecular weight excluding hydrogens is 266 g/mol. The zero-order valence-corrected chi connectivity index (χ0v) is 12.7. The van der Waals surface area contributed by atoms with Crippen molar-refractivity contribution in [3.05, 3.63) is 22.9 Å². The Bertz CT molecular complexity index is 523. The molecule has 0 fully saturated rings. The minimum Gasteiger partial charge on any atom is -0.474 e. The first-order valence-corrected chi connectivity index (χ1v) is 7.57. The van der Waals surface area contributed by atoms with Crippen molar-refractivity contribution < 1.29 is 9.84 Å². The summed E-state index contributed by atoms with van der Waals surface area (Å²) in [6.07, 6.45) is 5.35. The molecule has 1 aliphatic carbocycles. The van der Waals surface area contributed by atoms with E-state index in [4.69, 9.17) is 4.74 Å².